The normalized spacial score (nSPS) is 9.90. The molecule has 0 spiro atoms. The summed E-state index contributed by atoms with van der Waals surface area (Å²) >= 11 is 0. The molecule has 1 heterocycles. The Morgan fingerprint density at radius 2 is 2.00 bits per heavy atom. The number of aromatic nitrogens is 2. The molecule has 1 amide bonds. The van der Waals surface area contributed by atoms with Crippen molar-refractivity contribution in [3.63, 3.8) is 0 Å². The Balaban J connectivity index is 0. The molecule has 14 heteroatoms. The van der Waals surface area contributed by atoms with Gasteiger partial charge in [-0.1, -0.05) is 4.98 Å². The third-order valence-electron chi connectivity index (χ3n) is 1.60. The third-order valence-corrected chi connectivity index (χ3v) is 1.60. The van der Waals surface area contributed by atoms with Crippen LogP contribution in [-0.4, -0.2) is 82.9 Å². The van der Waals surface area contributed by atoms with E-state index in [-0.39, 0.29) is 55.2 Å². The van der Waals surface area contributed by atoms with Crippen LogP contribution in [0.25, 0.3) is 0 Å². The molecule has 0 aliphatic rings. The first-order chi connectivity index (χ1) is 9.15. The molecule has 0 fully saturated rings. The van der Waals surface area contributed by atoms with Gasteiger partial charge in [-0.15, -0.1) is 0 Å². The van der Waals surface area contributed by atoms with E-state index in [9.17, 15) is 14.9 Å². The average Bonchev–Trinajstić information content (AvgIpc) is 2.72. The van der Waals surface area contributed by atoms with Crippen LogP contribution in [0.4, 0.5) is 5.95 Å². The van der Waals surface area contributed by atoms with E-state index < -0.39 is 18.7 Å². The van der Waals surface area contributed by atoms with Crippen LogP contribution in [0.5, 0.6) is 0 Å². The quantitative estimate of drug-likeness (QED) is 0.165. The molecular formula is C7H14N4NaO8P. The van der Waals surface area contributed by atoms with E-state index in [0.717, 1.165) is 4.57 Å². The number of aliphatic hydroxyl groups is 1. The summed E-state index contributed by atoms with van der Waals surface area (Å²) in [5, 5.41) is 21.2. The van der Waals surface area contributed by atoms with Crippen molar-refractivity contribution < 1.29 is 34.1 Å². The van der Waals surface area contributed by atoms with Crippen LogP contribution in [-0.2, 0) is 15.9 Å². The predicted molar refractivity (Wildman–Crippen MR) is 70.4 cm³/mol. The van der Waals surface area contributed by atoms with Crippen molar-refractivity contribution in [1.29, 1.82) is 0 Å². The second-order valence-corrected chi connectivity index (χ2v) is 4.23. The first-order valence-corrected chi connectivity index (χ1v) is 6.53. The summed E-state index contributed by atoms with van der Waals surface area (Å²) in [5.41, 5.74) is 0. The summed E-state index contributed by atoms with van der Waals surface area (Å²) in [6.07, 6.45) is 2.59. The number of nitrogens with one attached hydrogen (secondary N) is 1. The Labute approximate surface area is 140 Å². The number of carbonyl (C=O) groups is 1. The van der Waals surface area contributed by atoms with Gasteiger partial charge in [-0.2, -0.15) is 0 Å². The molecule has 21 heavy (non-hydrogen) atoms. The molecular weight excluding hydrogens is 322 g/mol. The summed E-state index contributed by atoms with van der Waals surface area (Å²) < 4.78 is 10.00. The molecule has 12 nitrogen and oxygen atoms in total. The van der Waals surface area contributed by atoms with E-state index in [4.69, 9.17) is 24.4 Å². The summed E-state index contributed by atoms with van der Waals surface area (Å²) in [5.74, 6) is -0.792. The van der Waals surface area contributed by atoms with Gasteiger partial charge in [-0.3, -0.25) is 4.79 Å². The standard InChI is InChI=1S/C7H10N4O4.Na.H3O4P.H/c12-4-2-8-6(13)5-10-3-1-9-7(10)11(14)15;;1-5(2,3)4;/h1,3,12H,2,4-5H2,(H,8,13);;(H3,1,2,3,4);. The van der Waals surface area contributed by atoms with Crippen molar-refractivity contribution in [3.05, 3.63) is 22.5 Å². The molecule has 0 bridgehead atoms. The van der Waals surface area contributed by atoms with E-state index in [1.54, 1.807) is 0 Å². The molecule has 0 aliphatic heterocycles. The summed E-state index contributed by atoms with van der Waals surface area (Å²) in [4.78, 5) is 46.0. The van der Waals surface area contributed by atoms with E-state index in [0.29, 0.717) is 0 Å². The molecule has 1 aromatic heterocycles. The fourth-order valence-electron chi connectivity index (χ4n) is 1.00. The molecule has 0 aromatic carbocycles. The van der Waals surface area contributed by atoms with E-state index in [2.05, 4.69) is 10.3 Å². The number of carbonyl (C=O) groups excluding carboxylic acids is 1. The minimum absolute atomic E-state index is 0. The second-order valence-electron chi connectivity index (χ2n) is 3.20. The molecule has 0 saturated heterocycles. The van der Waals surface area contributed by atoms with Crippen molar-refractivity contribution in [1.82, 2.24) is 14.9 Å². The Bertz CT molecular complexity index is 494. The van der Waals surface area contributed by atoms with Gasteiger partial charge in [0.05, 0.1) is 6.61 Å². The molecule has 0 unspecified atom stereocenters. The van der Waals surface area contributed by atoms with Crippen molar-refractivity contribution in [2.75, 3.05) is 13.2 Å². The van der Waals surface area contributed by atoms with Gasteiger partial charge in [0.1, 0.15) is 12.4 Å². The zero-order chi connectivity index (χ0) is 15.8. The molecule has 0 radical (unpaired) electrons. The Morgan fingerprint density at radius 1 is 1.48 bits per heavy atom. The molecule has 0 saturated carbocycles. The molecule has 1 rings (SSSR count). The van der Waals surface area contributed by atoms with Crippen molar-refractivity contribution in [2.45, 2.75) is 6.54 Å². The predicted octanol–water partition coefficient (Wildman–Crippen LogP) is -2.68. The number of imidazole rings is 1. The van der Waals surface area contributed by atoms with Gasteiger partial charge in [0, 0.05) is 6.54 Å². The zero-order valence-corrected chi connectivity index (χ0v) is 10.9. The number of nitrogens with zero attached hydrogens (tertiary/aromatic N) is 3. The van der Waals surface area contributed by atoms with Crippen LogP contribution in [0, 0.1) is 10.1 Å². The van der Waals surface area contributed by atoms with Gasteiger partial charge in [-0.05, 0) is 4.92 Å². The van der Waals surface area contributed by atoms with Gasteiger partial charge >= 0.3 is 43.3 Å². The fraction of sp³-hybridized carbons (Fsp3) is 0.429. The van der Waals surface area contributed by atoms with Gasteiger partial charge in [0.25, 0.3) is 5.91 Å². The number of aliphatic hydroxyl groups excluding tert-OH is 1. The van der Waals surface area contributed by atoms with Gasteiger partial charge < -0.3 is 35.2 Å². The van der Waals surface area contributed by atoms with Crippen LogP contribution in [0.1, 0.15) is 0 Å². The van der Waals surface area contributed by atoms with Crippen LogP contribution >= 0.6 is 7.82 Å². The number of nitro groups is 1. The summed E-state index contributed by atoms with van der Waals surface area (Å²) in [7, 11) is -4.64. The van der Waals surface area contributed by atoms with Crippen molar-refractivity contribution in [3.8, 4) is 0 Å². The third kappa shape index (κ3) is 12.6. The second kappa shape index (κ2) is 10.8. The molecule has 0 atom stereocenters. The SMILES string of the molecule is O=C(Cn1ccnc1[N+](=O)[O-])NCCO.O=P(O)(O)O.[NaH]. The van der Waals surface area contributed by atoms with Crippen LogP contribution in [0.3, 0.4) is 0 Å². The van der Waals surface area contributed by atoms with Crippen molar-refractivity contribution >= 4 is 49.2 Å². The fourth-order valence-corrected chi connectivity index (χ4v) is 1.00. The number of rotatable bonds is 5. The molecule has 1 aromatic rings. The van der Waals surface area contributed by atoms with Gasteiger partial charge in [0.2, 0.25) is 0 Å². The molecule has 5 N–H and O–H groups in total. The van der Waals surface area contributed by atoms with Gasteiger partial charge in [0.15, 0.2) is 6.54 Å². The van der Waals surface area contributed by atoms with E-state index in [1.807, 2.05) is 0 Å². The molecule has 0 aliphatic carbocycles. The monoisotopic (exact) mass is 336 g/mol. The topological polar surface area (TPSA) is 188 Å². The summed E-state index contributed by atoms with van der Waals surface area (Å²) in [6.45, 7) is -0.227. The number of hydrogen-bond acceptors (Lipinski definition) is 6. The zero-order valence-electron chi connectivity index (χ0n) is 9.99. The maximum absolute atomic E-state index is 11.2. The van der Waals surface area contributed by atoms with Crippen LogP contribution < -0.4 is 5.32 Å². The van der Waals surface area contributed by atoms with Crippen LogP contribution in [0.2, 0.25) is 0 Å². The average molecular weight is 336 g/mol. The van der Waals surface area contributed by atoms with Gasteiger partial charge in [-0.25, -0.2) is 9.13 Å². The first kappa shape index (κ1) is 22.4. The maximum atomic E-state index is 11.2. The number of hydrogen-bond donors (Lipinski definition) is 5. The van der Waals surface area contributed by atoms with Crippen LogP contribution in [0.15, 0.2) is 12.4 Å². The Hall–Kier alpha value is -0.850. The number of amides is 1. The van der Waals surface area contributed by atoms with E-state index in [1.165, 1.54) is 12.4 Å². The van der Waals surface area contributed by atoms with Crippen molar-refractivity contribution in [2.24, 2.45) is 0 Å². The Kier molecular flexibility index (Phi) is 11.6. The molecule has 116 valence electrons. The number of phosphoric acid groups is 1. The minimum atomic E-state index is -4.64. The summed E-state index contributed by atoms with van der Waals surface area (Å²) in [6, 6.07) is 0. The van der Waals surface area contributed by atoms with E-state index >= 15 is 0 Å². The first-order valence-electron chi connectivity index (χ1n) is 4.96. The Morgan fingerprint density at radius 3 is 2.43 bits per heavy atom.